The zero-order valence-electron chi connectivity index (χ0n) is 13.1. The number of carbonyl (C=O) groups excluding carboxylic acids is 1. The van der Waals surface area contributed by atoms with Gasteiger partial charge in [0.15, 0.2) is 0 Å². The van der Waals surface area contributed by atoms with Gasteiger partial charge in [0.25, 0.3) is 0 Å². The second-order valence-electron chi connectivity index (χ2n) is 6.37. The molecule has 1 aliphatic carbocycles. The molecular weight excluding hydrogens is 254 g/mol. The van der Waals surface area contributed by atoms with E-state index in [0.29, 0.717) is 12.1 Å². The van der Waals surface area contributed by atoms with Crippen LogP contribution >= 0.6 is 0 Å². The Bertz CT molecular complexity index is 350. The fourth-order valence-electron chi connectivity index (χ4n) is 3.80. The summed E-state index contributed by atoms with van der Waals surface area (Å²) < 4.78 is 4.89. The minimum Gasteiger partial charge on any atom is -0.468 e. The predicted molar refractivity (Wildman–Crippen MR) is 79.5 cm³/mol. The Morgan fingerprint density at radius 3 is 2.80 bits per heavy atom. The highest BCUT2D eigenvalue weighted by Crippen LogP contribution is 2.31. The number of likely N-dealkylation sites (N-methyl/N-ethyl adjacent to an activating group) is 1. The standard InChI is InChI=1S/C15H29N3O2/c1-4-17-8-9-18(11-12(17)2)13-6-5-7-15(16,10-13)14(19)20-3/h12-13H,4-11,16H2,1-3H3. The minimum atomic E-state index is -0.775. The van der Waals surface area contributed by atoms with E-state index in [2.05, 4.69) is 23.6 Å². The van der Waals surface area contributed by atoms with Crippen LogP contribution in [0.5, 0.6) is 0 Å². The molecule has 0 spiro atoms. The van der Waals surface area contributed by atoms with Crippen LogP contribution in [0.25, 0.3) is 0 Å². The summed E-state index contributed by atoms with van der Waals surface area (Å²) in [6, 6.07) is 1.01. The van der Waals surface area contributed by atoms with Crippen molar-refractivity contribution in [2.24, 2.45) is 5.73 Å². The van der Waals surface area contributed by atoms with Crippen molar-refractivity contribution in [3.8, 4) is 0 Å². The van der Waals surface area contributed by atoms with Gasteiger partial charge in [-0.05, 0) is 39.2 Å². The molecule has 2 rings (SSSR count). The molecule has 0 bridgehead atoms. The van der Waals surface area contributed by atoms with Crippen molar-refractivity contribution in [1.82, 2.24) is 9.80 Å². The Kier molecular flexibility index (Phi) is 5.04. The van der Waals surface area contributed by atoms with E-state index < -0.39 is 5.54 Å². The molecule has 1 saturated heterocycles. The van der Waals surface area contributed by atoms with E-state index in [1.807, 2.05) is 0 Å². The van der Waals surface area contributed by atoms with Crippen molar-refractivity contribution in [2.45, 2.75) is 57.2 Å². The zero-order valence-corrected chi connectivity index (χ0v) is 13.1. The topological polar surface area (TPSA) is 58.8 Å². The Morgan fingerprint density at radius 1 is 1.45 bits per heavy atom. The molecule has 0 radical (unpaired) electrons. The first-order valence-electron chi connectivity index (χ1n) is 7.85. The second-order valence-corrected chi connectivity index (χ2v) is 6.37. The number of piperazine rings is 1. The molecule has 3 unspecified atom stereocenters. The fraction of sp³-hybridized carbons (Fsp3) is 0.933. The number of ether oxygens (including phenoxy) is 1. The van der Waals surface area contributed by atoms with Crippen molar-refractivity contribution in [3.05, 3.63) is 0 Å². The molecule has 1 aliphatic heterocycles. The average molecular weight is 283 g/mol. The molecule has 116 valence electrons. The SMILES string of the molecule is CCN1CCN(C2CCCC(N)(C(=O)OC)C2)CC1C. The van der Waals surface area contributed by atoms with Crippen LogP contribution in [0.2, 0.25) is 0 Å². The number of hydrogen-bond donors (Lipinski definition) is 1. The maximum atomic E-state index is 11.9. The van der Waals surface area contributed by atoms with Crippen LogP contribution in [0.4, 0.5) is 0 Å². The minimum absolute atomic E-state index is 0.248. The molecular formula is C15H29N3O2. The Balaban J connectivity index is 1.98. The number of carbonyl (C=O) groups is 1. The van der Waals surface area contributed by atoms with Crippen molar-refractivity contribution in [2.75, 3.05) is 33.3 Å². The first-order chi connectivity index (χ1) is 9.50. The third-order valence-corrected chi connectivity index (χ3v) is 5.07. The number of hydrogen-bond acceptors (Lipinski definition) is 5. The molecule has 0 aromatic heterocycles. The quantitative estimate of drug-likeness (QED) is 0.777. The molecule has 1 heterocycles. The van der Waals surface area contributed by atoms with Gasteiger partial charge in [0, 0.05) is 31.7 Å². The van der Waals surface area contributed by atoms with E-state index in [-0.39, 0.29) is 5.97 Å². The summed E-state index contributed by atoms with van der Waals surface area (Å²) in [7, 11) is 1.43. The van der Waals surface area contributed by atoms with Crippen molar-refractivity contribution >= 4 is 5.97 Å². The van der Waals surface area contributed by atoms with Crippen LogP contribution in [0.1, 0.15) is 39.5 Å². The molecule has 2 N–H and O–H groups in total. The zero-order chi connectivity index (χ0) is 14.8. The number of rotatable bonds is 3. The largest absolute Gasteiger partial charge is 0.468 e. The summed E-state index contributed by atoms with van der Waals surface area (Å²) in [6.45, 7) is 8.89. The van der Waals surface area contributed by atoms with E-state index in [1.54, 1.807) is 0 Å². The van der Waals surface area contributed by atoms with Gasteiger partial charge in [0.05, 0.1) is 7.11 Å². The van der Waals surface area contributed by atoms with Gasteiger partial charge in [-0.25, -0.2) is 0 Å². The van der Waals surface area contributed by atoms with Gasteiger partial charge in [0.2, 0.25) is 0 Å². The van der Waals surface area contributed by atoms with Crippen molar-refractivity contribution in [1.29, 1.82) is 0 Å². The molecule has 2 fully saturated rings. The van der Waals surface area contributed by atoms with Gasteiger partial charge in [-0.15, -0.1) is 0 Å². The summed E-state index contributed by atoms with van der Waals surface area (Å²) in [5.41, 5.74) is 5.51. The number of nitrogens with zero attached hydrogens (tertiary/aromatic N) is 2. The number of nitrogens with two attached hydrogens (primary N) is 1. The Morgan fingerprint density at radius 2 is 2.20 bits per heavy atom. The molecule has 2 aliphatic rings. The lowest BCUT2D eigenvalue weighted by atomic mass is 9.79. The van der Waals surface area contributed by atoms with Gasteiger partial charge < -0.3 is 10.5 Å². The fourth-order valence-corrected chi connectivity index (χ4v) is 3.80. The van der Waals surface area contributed by atoms with Crippen LogP contribution in [-0.2, 0) is 9.53 Å². The van der Waals surface area contributed by atoms with Crippen molar-refractivity contribution < 1.29 is 9.53 Å². The van der Waals surface area contributed by atoms with Crippen LogP contribution in [0, 0.1) is 0 Å². The van der Waals surface area contributed by atoms with Gasteiger partial charge in [-0.1, -0.05) is 6.92 Å². The third kappa shape index (κ3) is 3.15. The monoisotopic (exact) mass is 283 g/mol. The summed E-state index contributed by atoms with van der Waals surface area (Å²) >= 11 is 0. The average Bonchev–Trinajstić information content (AvgIpc) is 2.46. The first kappa shape index (κ1) is 15.7. The highest BCUT2D eigenvalue weighted by atomic mass is 16.5. The number of esters is 1. The molecule has 5 nitrogen and oxygen atoms in total. The summed E-state index contributed by atoms with van der Waals surface area (Å²) in [5.74, 6) is -0.248. The van der Waals surface area contributed by atoms with E-state index >= 15 is 0 Å². The lowest BCUT2D eigenvalue weighted by Crippen LogP contribution is -2.60. The molecule has 1 saturated carbocycles. The highest BCUT2D eigenvalue weighted by molar-refractivity contribution is 5.80. The molecule has 5 heteroatoms. The second kappa shape index (κ2) is 6.41. The smallest absolute Gasteiger partial charge is 0.325 e. The van der Waals surface area contributed by atoms with E-state index in [9.17, 15) is 4.79 Å². The maximum absolute atomic E-state index is 11.9. The predicted octanol–water partition coefficient (Wildman–Crippen LogP) is 0.826. The third-order valence-electron chi connectivity index (χ3n) is 5.07. The van der Waals surface area contributed by atoms with Gasteiger partial charge in [0.1, 0.15) is 5.54 Å². The highest BCUT2D eigenvalue weighted by Gasteiger charge is 2.42. The molecule has 0 aromatic carbocycles. The maximum Gasteiger partial charge on any atom is 0.325 e. The normalized spacial score (nSPS) is 36.8. The van der Waals surface area contributed by atoms with Gasteiger partial charge in [-0.2, -0.15) is 0 Å². The van der Waals surface area contributed by atoms with E-state index in [1.165, 1.54) is 7.11 Å². The summed E-state index contributed by atoms with van der Waals surface area (Å²) in [4.78, 5) is 16.9. The molecule has 3 atom stereocenters. The molecule has 20 heavy (non-hydrogen) atoms. The summed E-state index contributed by atoms with van der Waals surface area (Å²) in [5, 5.41) is 0. The van der Waals surface area contributed by atoms with Gasteiger partial charge in [-0.3, -0.25) is 14.6 Å². The van der Waals surface area contributed by atoms with E-state index in [4.69, 9.17) is 10.5 Å². The van der Waals surface area contributed by atoms with E-state index in [0.717, 1.165) is 51.9 Å². The van der Waals surface area contributed by atoms with Crippen LogP contribution in [-0.4, -0.2) is 66.7 Å². The van der Waals surface area contributed by atoms with Crippen LogP contribution in [0.3, 0.4) is 0 Å². The first-order valence-corrected chi connectivity index (χ1v) is 7.85. The Labute approximate surface area is 122 Å². The lowest BCUT2D eigenvalue weighted by Gasteiger charge is -2.46. The Hall–Kier alpha value is -0.650. The van der Waals surface area contributed by atoms with Crippen LogP contribution < -0.4 is 5.73 Å². The van der Waals surface area contributed by atoms with Crippen molar-refractivity contribution in [3.63, 3.8) is 0 Å². The summed E-state index contributed by atoms with van der Waals surface area (Å²) in [6.07, 6.45) is 3.65. The molecule has 0 amide bonds. The number of methoxy groups -OCH3 is 1. The molecule has 0 aromatic rings. The lowest BCUT2D eigenvalue weighted by molar-refractivity contribution is -0.149. The van der Waals surface area contributed by atoms with Gasteiger partial charge >= 0.3 is 5.97 Å². The van der Waals surface area contributed by atoms with Crippen LogP contribution in [0.15, 0.2) is 0 Å².